The second-order valence-electron chi connectivity index (χ2n) is 25.7. The Kier molecular flexibility index (Phi) is 18.9. The van der Waals surface area contributed by atoms with E-state index < -0.39 is 22.3 Å². The molecule has 15 heteroatoms. The van der Waals surface area contributed by atoms with Crippen LogP contribution in [-0.2, 0) is 48.6 Å². The van der Waals surface area contributed by atoms with Crippen LogP contribution >= 0.6 is 0 Å². The molecule has 0 spiro atoms. The van der Waals surface area contributed by atoms with Crippen LogP contribution in [0.15, 0.2) is 158 Å². The summed E-state index contributed by atoms with van der Waals surface area (Å²) in [6.45, 7) is 24.6. The standard InChI is InChI=1S/C74H84B2N6O6Si/c1-48(2)73(83)77-36-18-40-81(44-53-20-10-14-26-66(53)75(85)86)46-64-55-22-12-13-23-56(55)65(47-82(41-19-37-78-74(84)49(3)4)45-54-21-11-15-27-67(54)76(87)88)63-43-52(30-31-57(63)64)51-29-28-50(5)62(42-51)70-60-32-34-68-58(24-16-38-79(68)6)71(60)89(8,9)72-59-25-17-39-80(7)69(59)35-33-61(70)72/h10-15,20-23,26-35,42-43,85-88H,1,3,16-19,24-25,36-41,44-47H2,2,4-9H3,(H-,77,78,83,84)/p+1. The Hall–Kier alpha value is -7.72. The summed E-state index contributed by atoms with van der Waals surface area (Å²) < 4.78 is 2.47. The highest BCUT2D eigenvalue weighted by atomic mass is 28.3. The lowest BCUT2D eigenvalue weighted by Crippen LogP contribution is -2.67. The molecule has 0 aromatic heterocycles. The fourth-order valence-electron chi connectivity index (χ4n) is 14.6. The highest BCUT2D eigenvalue weighted by molar-refractivity contribution is 7.02. The van der Waals surface area contributed by atoms with Crippen molar-refractivity contribution in [1.29, 1.82) is 0 Å². The third-order valence-corrected chi connectivity index (χ3v) is 22.6. The molecule has 8 aromatic rings. The Morgan fingerprint density at radius 1 is 0.618 bits per heavy atom. The van der Waals surface area contributed by atoms with Gasteiger partial charge in [0.25, 0.3) is 0 Å². The number of hydrogen-bond donors (Lipinski definition) is 6. The van der Waals surface area contributed by atoms with Gasteiger partial charge >= 0.3 is 14.2 Å². The average molecular weight is 1200 g/mol. The first-order valence-corrected chi connectivity index (χ1v) is 34.7. The molecule has 8 aromatic carbocycles. The number of amides is 2. The molecule has 2 amide bonds. The van der Waals surface area contributed by atoms with E-state index in [-0.39, 0.29) is 11.8 Å². The normalized spacial score (nSPS) is 14.1. The molecule has 0 bridgehead atoms. The number of rotatable bonds is 22. The SMILES string of the molecule is C=C(C)C(=O)NCCCN(Cc1ccccc1B(O)O)Cc1c2ccccc2c(CN(CCCNC(=O)C(=C)C)Cc2ccccc2B(O)O)c2cc(-c3ccc(C)c(C4=c5ccc6c(c5[Si](C)(C)c5c4ccc4c5CCCN4C)CCC[N+]=6C)c3)ccc12. The summed E-state index contributed by atoms with van der Waals surface area (Å²) in [5.41, 5.74) is 17.4. The minimum Gasteiger partial charge on any atom is -0.423 e. The Morgan fingerprint density at radius 3 is 1.75 bits per heavy atom. The smallest absolute Gasteiger partial charge is 0.423 e. The summed E-state index contributed by atoms with van der Waals surface area (Å²) >= 11 is 0. The largest absolute Gasteiger partial charge is 0.488 e. The second-order valence-corrected chi connectivity index (χ2v) is 29.9. The molecule has 3 heterocycles. The lowest BCUT2D eigenvalue weighted by molar-refractivity contribution is -0.118. The molecule has 0 aliphatic carbocycles. The molecule has 0 saturated carbocycles. The minimum atomic E-state index is -2.28. The first-order chi connectivity index (χ1) is 42.8. The number of carbonyl (C=O) groups excluding carboxylic acids is 2. The van der Waals surface area contributed by atoms with Gasteiger partial charge in [0.2, 0.25) is 17.2 Å². The van der Waals surface area contributed by atoms with Crippen LogP contribution in [0.3, 0.4) is 0 Å². The molecule has 89 heavy (non-hydrogen) atoms. The van der Waals surface area contributed by atoms with Crippen molar-refractivity contribution in [3.63, 3.8) is 0 Å². The van der Waals surface area contributed by atoms with E-state index in [4.69, 9.17) is 0 Å². The van der Waals surface area contributed by atoms with Crippen molar-refractivity contribution in [3.8, 4) is 11.1 Å². The summed E-state index contributed by atoms with van der Waals surface area (Å²) in [6, 6.07) is 47.2. The van der Waals surface area contributed by atoms with E-state index in [2.05, 4.69) is 162 Å². The fourth-order valence-corrected chi connectivity index (χ4v) is 18.6. The van der Waals surface area contributed by atoms with Gasteiger partial charge in [0.15, 0.2) is 0 Å². The van der Waals surface area contributed by atoms with Gasteiger partial charge in [-0.1, -0.05) is 129 Å². The van der Waals surface area contributed by atoms with Crippen molar-refractivity contribution in [3.05, 3.63) is 218 Å². The first kappa shape index (κ1) is 62.9. The molecule has 11 rings (SSSR count). The zero-order valence-corrected chi connectivity index (χ0v) is 54.0. The van der Waals surface area contributed by atoms with Crippen LogP contribution < -0.4 is 52.0 Å². The molecular formula is C74H85B2N6O6Si+. The monoisotopic (exact) mass is 1200 g/mol. The van der Waals surface area contributed by atoms with Crippen molar-refractivity contribution >= 4 is 88.2 Å². The molecule has 6 N–H and O–H groups in total. The molecule has 0 saturated heterocycles. The maximum absolute atomic E-state index is 12.8. The average Bonchev–Trinajstić information content (AvgIpc) is 0.708. The van der Waals surface area contributed by atoms with E-state index in [0.717, 1.165) is 93.7 Å². The number of nitrogens with zero attached hydrogens (tertiary/aromatic N) is 4. The summed E-state index contributed by atoms with van der Waals surface area (Å²) in [6.07, 6.45) is 5.69. The number of anilines is 1. The zero-order valence-electron chi connectivity index (χ0n) is 53.0. The highest BCUT2D eigenvalue weighted by Crippen LogP contribution is 2.40. The van der Waals surface area contributed by atoms with Crippen LogP contribution in [0.25, 0.3) is 38.2 Å². The Morgan fingerprint density at radius 2 is 1.16 bits per heavy atom. The van der Waals surface area contributed by atoms with Crippen molar-refractivity contribution in [1.82, 2.24) is 25.0 Å². The van der Waals surface area contributed by atoms with Gasteiger partial charge in [-0.3, -0.25) is 19.4 Å². The van der Waals surface area contributed by atoms with Crippen LogP contribution in [0.1, 0.15) is 89.6 Å². The quantitative estimate of drug-likeness (QED) is 0.0151. The predicted molar refractivity (Wildman–Crippen MR) is 370 cm³/mol. The topological polar surface area (TPSA) is 152 Å². The highest BCUT2D eigenvalue weighted by Gasteiger charge is 2.42. The lowest BCUT2D eigenvalue weighted by Gasteiger charge is -2.40. The number of fused-ring (bicyclic) bond motifs is 8. The van der Waals surface area contributed by atoms with Crippen LogP contribution in [-0.4, -0.2) is 117 Å². The predicted octanol–water partition coefficient (Wildman–Crippen LogP) is 6.33. The molecule has 3 aliphatic rings. The maximum Gasteiger partial charge on any atom is 0.488 e. The van der Waals surface area contributed by atoms with E-state index in [9.17, 15) is 29.7 Å². The van der Waals surface area contributed by atoms with Gasteiger partial charge in [0.05, 0.1) is 0 Å². The molecule has 0 unspecified atom stereocenters. The molecule has 12 nitrogen and oxygen atoms in total. The second kappa shape index (κ2) is 26.8. The van der Waals surface area contributed by atoms with Gasteiger partial charge in [-0.15, -0.1) is 0 Å². The van der Waals surface area contributed by atoms with Gasteiger partial charge in [-0.2, -0.15) is 0 Å². The number of nitrogens with one attached hydrogen (secondary N) is 2. The van der Waals surface area contributed by atoms with Crippen LogP contribution in [0.4, 0.5) is 5.69 Å². The first-order valence-electron chi connectivity index (χ1n) is 31.7. The molecule has 0 fully saturated rings. The van der Waals surface area contributed by atoms with E-state index in [1.165, 1.54) is 49.7 Å². The van der Waals surface area contributed by atoms with Gasteiger partial charge < -0.3 is 35.6 Å². The molecule has 456 valence electrons. The number of benzene rings is 8. The third-order valence-electron chi connectivity index (χ3n) is 19.0. The van der Waals surface area contributed by atoms with Gasteiger partial charge in [0, 0.05) is 101 Å². The van der Waals surface area contributed by atoms with Gasteiger partial charge in [-0.25, -0.2) is 4.58 Å². The zero-order chi connectivity index (χ0) is 62.8. The third kappa shape index (κ3) is 12.9. The van der Waals surface area contributed by atoms with E-state index in [1.807, 2.05) is 36.4 Å². The number of hydrogen-bond acceptors (Lipinski definition) is 9. The van der Waals surface area contributed by atoms with Gasteiger partial charge in [0.1, 0.15) is 21.7 Å². The van der Waals surface area contributed by atoms with Crippen molar-refractivity contribution in [2.24, 2.45) is 0 Å². The van der Waals surface area contributed by atoms with E-state index in [1.54, 1.807) is 36.4 Å². The molecular weight excluding hydrogens is 1120 g/mol. The van der Waals surface area contributed by atoms with Crippen molar-refractivity contribution < 1.29 is 29.7 Å². The van der Waals surface area contributed by atoms with Gasteiger partial charge in [-0.05, 0) is 186 Å². The molecule has 0 radical (unpaired) electrons. The summed E-state index contributed by atoms with van der Waals surface area (Å²) in [7, 11) is -1.09. The van der Waals surface area contributed by atoms with Crippen LogP contribution in [0, 0.1) is 6.92 Å². The van der Waals surface area contributed by atoms with E-state index >= 15 is 0 Å². The Labute approximate surface area is 526 Å². The minimum absolute atomic E-state index is 0.188. The summed E-state index contributed by atoms with van der Waals surface area (Å²) in [5.74, 6) is -0.377. The Balaban J connectivity index is 1.11. The number of aryl methyl sites for hydroxylation is 1. The summed E-state index contributed by atoms with van der Waals surface area (Å²) in [5, 5.41) is 58.9. The molecule has 0 atom stereocenters. The summed E-state index contributed by atoms with van der Waals surface area (Å²) in [4.78, 5) is 32.6. The number of carbonyl (C=O) groups is 2. The van der Waals surface area contributed by atoms with Crippen LogP contribution in [0.5, 0.6) is 0 Å². The molecule has 3 aliphatic heterocycles. The fraction of sp³-hybridized carbons (Fsp3) is 0.311. The maximum atomic E-state index is 12.8. The van der Waals surface area contributed by atoms with Crippen LogP contribution in [0.2, 0.25) is 13.1 Å². The Bertz CT molecular complexity index is 4240. The van der Waals surface area contributed by atoms with Crippen molar-refractivity contribution in [2.45, 2.75) is 98.6 Å². The lowest BCUT2D eigenvalue weighted by atomic mass is 9.77. The van der Waals surface area contributed by atoms with Crippen molar-refractivity contribution in [2.75, 3.05) is 58.3 Å². The van der Waals surface area contributed by atoms with E-state index in [0.29, 0.717) is 87.3 Å².